The third-order valence-corrected chi connectivity index (χ3v) is 2.59. The average molecular weight is 291 g/mol. The van der Waals surface area contributed by atoms with Crippen LogP contribution in [0.5, 0.6) is 0 Å². The minimum atomic E-state index is -0.387. The molecule has 0 radical (unpaired) electrons. The largest absolute Gasteiger partial charge is 0.385 e. The lowest BCUT2D eigenvalue weighted by Crippen LogP contribution is -2.15. The Kier molecular flexibility index (Phi) is 5.22. The fraction of sp³-hybridized carbons (Fsp3) is 0.385. The highest BCUT2D eigenvalue weighted by molar-refractivity contribution is 6.02. The fourth-order valence-corrected chi connectivity index (χ4v) is 1.58. The van der Waals surface area contributed by atoms with E-state index in [1.165, 1.54) is 12.4 Å². The predicted octanol–water partition coefficient (Wildman–Crippen LogP) is 1.47. The second-order valence-corrected chi connectivity index (χ2v) is 4.34. The van der Waals surface area contributed by atoms with E-state index in [2.05, 4.69) is 25.8 Å². The van der Waals surface area contributed by atoms with Crippen molar-refractivity contribution in [1.29, 1.82) is 0 Å². The highest BCUT2D eigenvalue weighted by Gasteiger charge is 2.10. The van der Waals surface area contributed by atoms with E-state index in [1.54, 1.807) is 20.1 Å². The van der Waals surface area contributed by atoms with Gasteiger partial charge in [-0.05, 0) is 13.3 Å². The van der Waals surface area contributed by atoms with Crippen LogP contribution in [0.4, 0.5) is 11.6 Å². The number of nitrogens with one attached hydrogen (secondary N) is 2. The van der Waals surface area contributed by atoms with Crippen LogP contribution in [0.1, 0.15) is 22.7 Å². The number of aromatic nitrogens is 3. The van der Waals surface area contributed by atoms with E-state index < -0.39 is 0 Å². The number of anilines is 2. The zero-order valence-corrected chi connectivity index (χ0v) is 11.9. The number of hydrogen-bond donors (Lipinski definition) is 2. The topological polar surface area (TPSA) is 102 Å². The molecule has 0 saturated carbocycles. The Hall–Kier alpha value is -2.48. The van der Waals surface area contributed by atoms with Gasteiger partial charge < -0.3 is 19.9 Å². The second-order valence-electron chi connectivity index (χ2n) is 4.34. The molecule has 1 amide bonds. The molecule has 2 N–H and O–H groups in total. The molecule has 2 aromatic rings. The molecule has 2 rings (SSSR count). The third kappa shape index (κ3) is 4.53. The molecule has 8 heteroatoms. The highest BCUT2D eigenvalue weighted by atomic mass is 16.5. The van der Waals surface area contributed by atoms with Gasteiger partial charge in [-0.25, -0.2) is 9.97 Å². The second kappa shape index (κ2) is 7.34. The molecule has 2 aromatic heterocycles. The number of carbonyl (C=O) groups excluding carboxylic acids is 1. The molecule has 0 saturated heterocycles. The Morgan fingerprint density at radius 1 is 1.33 bits per heavy atom. The Labute approximate surface area is 121 Å². The smallest absolute Gasteiger partial charge is 0.277 e. The van der Waals surface area contributed by atoms with Crippen molar-refractivity contribution in [2.24, 2.45) is 0 Å². The van der Waals surface area contributed by atoms with Gasteiger partial charge in [0.2, 0.25) is 0 Å². The maximum absolute atomic E-state index is 11.9. The van der Waals surface area contributed by atoms with Crippen LogP contribution in [-0.2, 0) is 4.74 Å². The van der Waals surface area contributed by atoms with Gasteiger partial charge in [0.05, 0.1) is 12.4 Å². The lowest BCUT2D eigenvalue weighted by Gasteiger charge is -2.05. The third-order valence-electron chi connectivity index (χ3n) is 2.59. The van der Waals surface area contributed by atoms with Crippen LogP contribution in [-0.4, -0.2) is 41.3 Å². The molecule has 8 nitrogen and oxygen atoms in total. The van der Waals surface area contributed by atoms with E-state index in [0.29, 0.717) is 24.0 Å². The van der Waals surface area contributed by atoms with Crippen LogP contribution in [0, 0.1) is 6.92 Å². The molecule has 2 heterocycles. The summed E-state index contributed by atoms with van der Waals surface area (Å²) >= 11 is 0. The lowest BCUT2D eigenvalue weighted by atomic mass is 10.4. The number of rotatable bonds is 7. The van der Waals surface area contributed by atoms with Crippen molar-refractivity contribution in [2.45, 2.75) is 13.3 Å². The molecular weight excluding hydrogens is 274 g/mol. The van der Waals surface area contributed by atoms with Crippen LogP contribution in [0.3, 0.4) is 0 Å². The molecule has 0 aliphatic rings. The van der Waals surface area contributed by atoms with Crippen molar-refractivity contribution in [1.82, 2.24) is 15.1 Å². The van der Waals surface area contributed by atoms with Gasteiger partial charge in [0.25, 0.3) is 5.91 Å². The van der Waals surface area contributed by atoms with Gasteiger partial charge in [0, 0.05) is 26.3 Å². The minimum Gasteiger partial charge on any atom is -0.385 e. The molecule has 0 fully saturated rings. The number of hydrogen-bond acceptors (Lipinski definition) is 7. The first-order valence-electron chi connectivity index (χ1n) is 6.48. The van der Waals surface area contributed by atoms with Gasteiger partial charge in [0.1, 0.15) is 17.3 Å². The van der Waals surface area contributed by atoms with Crippen LogP contribution >= 0.6 is 0 Å². The summed E-state index contributed by atoms with van der Waals surface area (Å²) in [7, 11) is 1.66. The molecule has 0 unspecified atom stereocenters. The van der Waals surface area contributed by atoms with Crippen molar-refractivity contribution in [3.63, 3.8) is 0 Å². The van der Waals surface area contributed by atoms with Crippen LogP contribution in [0.15, 0.2) is 23.0 Å². The Balaban J connectivity index is 1.87. The Bertz CT molecular complexity index is 582. The number of aryl methyl sites for hydroxylation is 1. The van der Waals surface area contributed by atoms with Crippen molar-refractivity contribution < 1.29 is 14.1 Å². The van der Waals surface area contributed by atoms with E-state index in [9.17, 15) is 4.79 Å². The van der Waals surface area contributed by atoms with Crippen molar-refractivity contribution in [3.05, 3.63) is 29.9 Å². The minimum absolute atomic E-state index is 0.207. The van der Waals surface area contributed by atoms with Gasteiger partial charge in [0.15, 0.2) is 5.82 Å². The predicted molar refractivity (Wildman–Crippen MR) is 76.2 cm³/mol. The maximum atomic E-state index is 11.9. The number of methoxy groups -OCH3 is 1. The van der Waals surface area contributed by atoms with E-state index in [-0.39, 0.29) is 11.6 Å². The quantitative estimate of drug-likeness (QED) is 0.745. The number of nitrogens with zero attached hydrogens (tertiary/aromatic N) is 3. The Morgan fingerprint density at radius 3 is 2.81 bits per heavy atom. The molecule has 0 atom stereocenters. The standard InChI is InChI=1S/C13H17N5O3/c1-9-6-11(18-21-9)17-13(19)10-7-16-12(8-15-10)14-4-3-5-20-2/h6-8H,3-5H2,1-2H3,(H,14,16)(H,17,18,19). The van der Waals surface area contributed by atoms with Gasteiger partial charge in [-0.2, -0.15) is 0 Å². The maximum Gasteiger partial charge on any atom is 0.277 e. The van der Waals surface area contributed by atoms with Crippen molar-refractivity contribution >= 4 is 17.5 Å². The first-order chi connectivity index (χ1) is 10.2. The summed E-state index contributed by atoms with van der Waals surface area (Å²) in [6.07, 6.45) is 3.78. The Morgan fingerprint density at radius 2 is 2.19 bits per heavy atom. The average Bonchev–Trinajstić information content (AvgIpc) is 2.89. The normalized spacial score (nSPS) is 10.4. The highest BCUT2D eigenvalue weighted by Crippen LogP contribution is 2.09. The van der Waals surface area contributed by atoms with Crippen molar-refractivity contribution in [2.75, 3.05) is 30.9 Å². The van der Waals surface area contributed by atoms with Gasteiger partial charge in [-0.15, -0.1) is 0 Å². The van der Waals surface area contributed by atoms with E-state index in [1.807, 2.05) is 0 Å². The lowest BCUT2D eigenvalue weighted by molar-refractivity contribution is 0.102. The summed E-state index contributed by atoms with van der Waals surface area (Å²) < 4.78 is 9.81. The molecule has 0 bridgehead atoms. The summed E-state index contributed by atoms with van der Waals surface area (Å²) in [6, 6.07) is 1.62. The van der Waals surface area contributed by atoms with E-state index in [4.69, 9.17) is 9.26 Å². The monoisotopic (exact) mass is 291 g/mol. The van der Waals surface area contributed by atoms with Crippen molar-refractivity contribution in [3.8, 4) is 0 Å². The summed E-state index contributed by atoms with van der Waals surface area (Å²) in [6.45, 7) is 3.15. The molecule has 0 aromatic carbocycles. The summed E-state index contributed by atoms with van der Waals surface area (Å²) in [4.78, 5) is 20.1. The summed E-state index contributed by atoms with van der Waals surface area (Å²) in [5.41, 5.74) is 0.207. The number of carbonyl (C=O) groups is 1. The molecule has 0 spiro atoms. The fourth-order valence-electron chi connectivity index (χ4n) is 1.58. The van der Waals surface area contributed by atoms with E-state index >= 15 is 0 Å². The molecular formula is C13H17N5O3. The van der Waals surface area contributed by atoms with Gasteiger partial charge in [-0.3, -0.25) is 4.79 Å². The molecule has 112 valence electrons. The first-order valence-corrected chi connectivity index (χ1v) is 6.48. The molecule has 21 heavy (non-hydrogen) atoms. The van der Waals surface area contributed by atoms with Crippen LogP contribution < -0.4 is 10.6 Å². The first kappa shape index (κ1) is 14.9. The summed E-state index contributed by atoms with van der Waals surface area (Å²) in [5, 5.41) is 9.34. The zero-order valence-electron chi connectivity index (χ0n) is 11.9. The SMILES string of the molecule is COCCCNc1cnc(C(=O)Nc2cc(C)on2)cn1. The zero-order chi connectivity index (χ0) is 15.1. The van der Waals surface area contributed by atoms with E-state index in [0.717, 1.165) is 13.0 Å². The van der Waals surface area contributed by atoms with Crippen LogP contribution in [0.2, 0.25) is 0 Å². The van der Waals surface area contributed by atoms with Gasteiger partial charge in [-0.1, -0.05) is 5.16 Å². The van der Waals surface area contributed by atoms with Gasteiger partial charge >= 0.3 is 0 Å². The summed E-state index contributed by atoms with van der Waals surface area (Å²) in [5.74, 6) is 1.19. The van der Waals surface area contributed by atoms with Crippen LogP contribution in [0.25, 0.3) is 0 Å². The number of ether oxygens (including phenoxy) is 1. The molecule has 0 aliphatic heterocycles. The molecule has 0 aliphatic carbocycles. The number of amides is 1.